The molecule has 0 aliphatic carbocycles. The van der Waals surface area contributed by atoms with Gasteiger partial charge in [0.1, 0.15) is 5.76 Å². The van der Waals surface area contributed by atoms with Crippen LogP contribution in [-0.2, 0) is 11.3 Å². The van der Waals surface area contributed by atoms with Gasteiger partial charge in [-0.15, -0.1) is 0 Å². The van der Waals surface area contributed by atoms with E-state index in [2.05, 4.69) is 10.6 Å². The van der Waals surface area contributed by atoms with Crippen molar-refractivity contribution in [2.75, 3.05) is 26.0 Å². The van der Waals surface area contributed by atoms with Crippen molar-refractivity contribution in [1.29, 1.82) is 0 Å². The molecule has 6 nitrogen and oxygen atoms in total. The van der Waals surface area contributed by atoms with Gasteiger partial charge in [-0.1, -0.05) is 0 Å². The van der Waals surface area contributed by atoms with Crippen molar-refractivity contribution in [2.45, 2.75) is 6.54 Å². The Hall–Kier alpha value is -2.60. The number of nitrogens with one attached hydrogen (secondary N) is 2. The van der Waals surface area contributed by atoms with Gasteiger partial charge in [-0.3, -0.25) is 14.5 Å². The summed E-state index contributed by atoms with van der Waals surface area (Å²) in [6.07, 6.45) is 1.61. The summed E-state index contributed by atoms with van der Waals surface area (Å²) in [5.41, 5.74) is 1.21. The third-order valence-electron chi connectivity index (χ3n) is 3.08. The molecule has 6 heteroatoms. The monoisotopic (exact) mass is 301 g/mol. The molecule has 2 amide bonds. The Morgan fingerprint density at radius 1 is 1.18 bits per heavy atom. The molecule has 0 bridgehead atoms. The molecule has 0 aliphatic rings. The minimum Gasteiger partial charge on any atom is -0.468 e. The van der Waals surface area contributed by atoms with Gasteiger partial charge < -0.3 is 15.1 Å². The second kappa shape index (κ2) is 7.42. The van der Waals surface area contributed by atoms with Crippen molar-refractivity contribution in [3.63, 3.8) is 0 Å². The van der Waals surface area contributed by atoms with Gasteiger partial charge in [0.2, 0.25) is 5.91 Å². The fourth-order valence-corrected chi connectivity index (χ4v) is 2.02. The minimum absolute atomic E-state index is 0.123. The zero-order chi connectivity index (χ0) is 15.9. The summed E-state index contributed by atoms with van der Waals surface area (Å²) in [5, 5.41) is 5.34. The lowest BCUT2D eigenvalue weighted by Gasteiger charge is -2.14. The smallest absolute Gasteiger partial charge is 0.251 e. The molecular weight excluding hydrogens is 282 g/mol. The summed E-state index contributed by atoms with van der Waals surface area (Å²) in [5.74, 6) is 0.531. The number of likely N-dealkylation sites (N-methyl/N-ethyl adjacent to an activating group) is 1. The fraction of sp³-hybridized carbons (Fsp3) is 0.250. The molecule has 0 unspecified atom stereocenters. The number of rotatable bonds is 6. The van der Waals surface area contributed by atoms with Crippen molar-refractivity contribution in [3.8, 4) is 0 Å². The lowest BCUT2D eigenvalue weighted by Crippen LogP contribution is -2.29. The Morgan fingerprint density at radius 3 is 2.50 bits per heavy atom. The molecule has 0 fully saturated rings. The quantitative estimate of drug-likeness (QED) is 0.852. The van der Waals surface area contributed by atoms with E-state index >= 15 is 0 Å². The second-order valence-corrected chi connectivity index (χ2v) is 4.96. The Morgan fingerprint density at radius 2 is 1.91 bits per heavy atom. The Labute approximate surface area is 129 Å². The standard InChI is InChI=1S/C16H19N3O3/c1-17-16(21)12-5-7-13(8-6-12)18-15(20)11-19(2)10-14-4-3-9-22-14/h3-9H,10-11H2,1-2H3,(H,17,21)(H,18,20). The average Bonchev–Trinajstić information content (AvgIpc) is 2.99. The normalized spacial score (nSPS) is 10.5. The molecule has 2 rings (SSSR count). The summed E-state index contributed by atoms with van der Waals surface area (Å²) in [7, 11) is 3.42. The number of hydrogen-bond donors (Lipinski definition) is 2. The molecule has 0 aliphatic heterocycles. The van der Waals surface area contributed by atoms with Crippen molar-refractivity contribution in [1.82, 2.24) is 10.2 Å². The summed E-state index contributed by atoms with van der Waals surface area (Å²) < 4.78 is 5.24. The Kier molecular flexibility index (Phi) is 5.32. The predicted molar refractivity (Wildman–Crippen MR) is 83.5 cm³/mol. The van der Waals surface area contributed by atoms with Crippen molar-refractivity contribution in [3.05, 3.63) is 54.0 Å². The van der Waals surface area contributed by atoms with Crippen LogP contribution in [0.5, 0.6) is 0 Å². The highest BCUT2D eigenvalue weighted by atomic mass is 16.3. The largest absolute Gasteiger partial charge is 0.468 e. The molecular formula is C16H19N3O3. The van der Waals surface area contributed by atoms with E-state index in [9.17, 15) is 9.59 Å². The van der Waals surface area contributed by atoms with E-state index < -0.39 is 0 Å². The first-order valence-corrected chi connectivity index (χ1v) is 6.91. The van der Waals surface area contributed by atoms with E-state index in [-0.39, 0.29) is 18.4 Å². The maximum absolute atomic E-state index is 12.0. The van der Waals surface area contributed by atoms with Crippen LogP contribution in [0.4, 0.5) is 5.69 Å². The maximum atomic E-state index is 12.0. The first kappa shape index (κ1) is 15.8. The van der Waals surface area contributed by atoms with Gasteiger partial charge in [-0.05, 0) is 43.4 Å². The van der Waals surface area contributed by atoms with E-state index in [0.29, 0.717) is 17.8 Å². The lowest BCUT2D eigenvalue weighted by molar-refractivity contribution is -0.117. The van der Waals surface area contributed by atoms with Crippen molar-refractivity contribution < 1.29 is 14.0 Å². The van der Waals surface area contributed by atoms with E-state index in [0.717, 1.165) is 5.76 Å². The van der Waals surface area contributed by atoms with Crippen LogP contribution < -0.4 is 10.6 Å². The van der Waals surface area contributed by atoms with E-state index in [1.807, 2.05) is 24.1 Å². The fourth-order valence-electron chi connectivity index (χ4n) is 2.02. The van der Waals surface area contributed by atoms with Gasteiger partial charge in [-0.2, -0.15) is 0 Å². The number of hydrogen-bond acceptors (Lipinski definition) is 4. The highest BCUT2D eigenvalue weighted by Crippen LogP contribution is 2.10. The summed E-state index contributed by atoms with van der Waals surface area (Å²) in [6, 6.07) is 10.4. The van der Waals surface area contributed by atoms with Crippen LogP contribution in [0.1, 0.15) is 16.1 Å². The lowest BCUT2D eigenvalue weighted by atomic mass is 10.2. The number of anilines is 1. The van der Waals surface area contributed by atoms with E-state index in [1.165, 1.54) is 0 Å². The van der Waals surface area contributed by atoms with Gasteiger partial charge in [0.05, 0.1) is 19.4 Å². The summed E-state index contributed by atoms with van der Waals surface area (Å²) >= 11 is 0. The summed E-state index contributed by atoms with van der Waals surface area (Å²) in [6.45, 7) is 0.813. The first-order valence-electron chi connectivity index (χ1n) is 6.91. The number of nitrogens with zero attached hydrogens (tertiary/aromatic N) is 1. The molecule has 0 saturated heterocycles. The van der Waals surface area contributed by atoms with Crippen LogP contribution in [0.15, 0.2) is 47.1 Å². The molecule has 0 saturated carbocycles. The summed E-state index contributed by atoms with van der Waals surface area (Å²) in [4.78, 5) is 25.2. The third kappa shape index (κ3) is 4.46. The Balaban J connectivity index is 1.85. The SMILES string of the molecule is CNC(=O)c1ccc(NC(=O)CN(C)Cc2ccco2)cc1. The van der Waals surface area contributed by atoms with Crippen LogP contribution in [0, 0.1) is 0 Å². The zero-order valence-corrected chi connectivity index (χ0v) is 12.6. The van der Waals surface area contributed by atoms with Crippen LogP contribution in [0.3, 0.4) is 0 Å². The molecule has 0 radical (unpaired) electrons. The maximum Gasteiger partial charge on any atom is 0.251 e. The van der Waals surface area contributed by atoms with Gasteiger partial charge in [0.25, 0.3) is 5.91 Å². The van der Waals surface area contributed by atoms with Crippen molar-refractivity contribution >= 4 is 17.5 Å². The highest BCUT2D eigenvalue weighted by molar-refractivity contribution is 5.96. The van der Waals surface area contributed by atoms with Crippen LogP contribution >= 0.6 is 0 Å². The van der Waals surface area contributed by atoms with Crippen molar-refractivity contribution in [2.24, 2.45) is 0 Å². The first-order chi connectivity index (χ1) is 10.6. The van der Waals surface area contributed by atoms with Crippen LogP contribution in [-0.4, -0.2) is 37.4 Å². The Bertz CT molecular complexity index is 621. The van der Waals surface area contributed by atoms with Crippen LogP contribution in [0.2, 0.25) is 0 Å². The highest BCUT2D eigenvalue weighted by Gasteiger charge is 2.09. The topological polar surface area (TPSA) is 74.6 Å². The predicted octanol–water partition coefficient (Wildman–Crippen LogP) is 1.71. The van der Waals surface area contributed by atoms with Gasteiger partial charge in [0, 0.05) is 18.3 Å². The second-order valence-electron chi connectivity index (χ2n) is 4.96. The van der Waals surface area contributed by atoms with E-state index in [1.54, 1.807) is 37.6 Å². The average molecular weight is 301 g/mol. The molecule has 1 aromatic heterocycles. The van der Waals surface area contributed by atoms with Gasteiger partial charge >= 0.3 is 0 Å². The molecule has 0 atom stereocenters. The number of benzene rings is 1. The van der Waals surface area contributed by atoms with Gasteiger partial charge in [0.15, 0.2) is 0 Å². The third-order valence-corrected chi connectivity index (χ3v) is 3.08. The zero-order valence-electron chi connectivity index (χ0n) is 12.6. The number of carbonyl (C=O) groups excluding carboxylic acids is 2. The van der Waals surface area contributed by atoms with E-state index in [4.69, 9.17) is 4.42 Å². The van der Waals surface area contributed by atoms with Crippen LogP contribution in [0.25, 0.3) is 0 Å². The number of furan rings is 1. The molecule has 1 aromatic carbocycles. The number of carbonyl (C=O) groups is 2. The number of amides is 2. The molecule has 22 heavy (non-hydrogen) atoms. The molecule has 1 heterocycles. The molecule has 2 aromatic rings. The molecule has 0 spiro atoms. The molecule has 2 N–H and O–H groups in total. The van der Waals surface area contributed by atoms with Gasteiger partial charge in [-0.25, -0.2) is 0 Å². The molecule has 116 valence electrons. The minimum atomic E-state index is -0.156.